The van der Waals surface area contributed by atoms with Crippen LogP contribution >= 0.6 is 0 Å². The monoisotopic (exact) mass is 273 g/mol. The zero-order valence-corrected chi connectivity index (χ0v) is 11.8. The number of aryl methyl sites for hydroxylation is 2. The van der Waals surface area contributed by atoms with Crippen molar-refractivity contribution in [1.82, 2.24) is 19.5 Å². The summed E-state index contributed by atoms with van der Waals surface area (Å²) in [5, 5.41) is 3.23. The van der Waals surface area contributed by atoms with Gasteiger partial charge in [0, 0.05) is 43.7 Å². The van der Waals surface area contributed by atoms with E-state index in [2.05, 4.69) is 27.2 Å². The highest BCUT2D eigenvalue weighted by Crippen LogP contribution is 2.07. The first-order valence-electron chi connectivity index (χ1n) is 6.85. The Balaban J connectivity index is 2.00. The first-order valence-corrected chi connectivity index (χ1v) is 6.85. The molecule has 106 valence electrons. The van der Waals surface area contributed by atoms with Crippen LogP contribution in [-0.4, -0.2) is 26.1 Å². The highest BCUT2D eigenvalue weighted by Gasteiger charge is 2.02. The van der Waals surface area contributed by atoms with Gasteiger partial charge in [0.2, 0.25) is 0 Å². The molecule has 2 aromatic rings. The number of hydrogen-bond acceptors (Lipinski definition) is 5. The number of aromatic nitrogens is 4. The summed E-state index contributed by atoms with van der Waals surface area (Å²) in [5.74, 6) is 1.65. The Morgan fingerprint density at radius 3 is 2.80 bits per heavy atom. The molecule has 0 radical (unpaired) electrons. The summed E-state index contributed by atoms with van der Waals surface area (Å²) < 4.78 is 1.57. The van der Waals surface area contributed by atoms with E-state index >= 15 is 0 Å². The van der Waals surface area contributed by atoms with Crippen molar-refractivity contribution in [3.63, 3.8) is 0 Å². The second kappa shape index (κ2) is 6.79. The fourth-order valence-corrected chi connectivity index (χ4v) is 1.84. The van der Waals surface area contributed by atoms with Crippen LogP contribution in [0, 0.1) is 0 Å². The maximum absolute atomic E-state index is 11.5. The van der Waals surface area contributed by atoms with Gasteiger partial charge in [-0.05, 0) is 12.5 Å². The van der Waals surface area contributed by atoms with E-state index in [9.17, 15) is 4.79 Å². The van der Waals surface area contributed by atoms with Crippen LogP contribution < -0.4 is 11.0 Å². The van der Waals surface area contributed by atoms with Crippen molar-refractivity contribution in [3.05, 3.63) is 46.5 Å². The Labute approximate surface area is 117 Å². The van der Waals surface area contributed by atoms with E-state index in [0.29, 0.717) is 13.1 Å². The van der Waals surface area contributed by atoms with Crippen molar-refractivity contribution < 1.29 is 0 Å². The van der Waals surface area contributed by atoms with Gasteiger partial charge in [-0.25, -0.2) is 19.7 Å². The minimum Gasteiger partial charge on any atom is -0.368 e. The molecule has 0 aliphatic rings. The maximum Gasteiger partial charge on any atom is 0.347 e. The lowest BCUT2D eigenvalue weighted by molar-refractivity contribution is 0.672. The first-order chi connectivity index (χ1) is 9.72. The van der Waals surface area contributed by atoms with Gasteiger partial charge in [-0.1, -0.05) is 13.8 Å². The molecule has 0 saturated heterocycles. The number of anilines is 1. The topological polar surface area (TPSA) is 72.7 Å². The number of hydrogen-bond donors (Lipinski definition) is 1. The predicted molar refractivity (Wildman–Crippen MR) is 77.8 cm³/mol. The van der Waals surface area contributed by atoms with Crippen LogP contribution in [0.1, 0.15) is 25.4 Å². The van der Waals surface area contributed by atoms with Crippen molar-refractivity contribution in [3.8, 4) is 0 Å². The van der Waals surface area contributed by atoms with Crippen molar-refractivity contribution in [2.45, 2.75) is 33.2 Å². The third-order valence-electron chi connectivity index (χ3n) is 2.95. The van der Waals surface area contributed by atoms with Crippen LogP contribution in [0.5, 0.6) is 0 Å². The van der Waals surface area contributed by atoms with Crippen LogP contribution in [0.4, 0.5) is 5.82 Å². The zero-order chi connectivity index (χ0) is 14.4. The van der Waals surface area contributed by atoms with Crippen molar-refractivity contribution in [2.75, 3.05) is 11.9 Å². The molecule has 6 heteroatoms. The van der Waals surface area contributed by atoms with Crippen molar-refractivity contribution in [1.29, 1.82) is 0 Å². The minimum absolute atomic E-state index is 0.236. The largest absolute Gasteiger partial charge is 0.368 e. The first kappa shape index (κ1) is 14.2. The molecule has 2 rings (SSSR count). The lowest BCUT2D eigenvalue weighted by atomic mass is 10.3. The quantitative estimate of drug-likeness (QED) is 0.858. The van der Waals surface area contributed by atoms with Crippen molar-refractivity contribution >= 4 is 5.82 Å². The van der Waals surface area contributed by atoms with Crippen molar-refractivity contribution in [2.24, 2.45) is 0 Å². The summed E-state index contributed by atoms with van der Waals surface area (Å²) in [6.45, 7) is 5.28. The molecule has 2 heterocycles. The van der Waals surface area contributed by atoms with Gasteiger partial charge in [0.15, 0.2) is 0 Å². The molecule has 0 amide bonds. The molecule has 0 fully saturated rings. The summed E-state index contributed by atoms with van der Waals surface area (Å²) >= 11 is 0. The molecule has 0 saturated carbocycles. The molecule has 0 atom stereocenters. The van der Waals surface area contributed by atoms with Gasteiger partial charge in [0.1, 0.15) is 11.6 Å². The Morgan fingerprint density at radius 2 is 2.10 bits per heavy atom. The predicted octanol–water partition coefficient (Wildman–Crippen LogP) is 1.27. The lowest BCUT2D eigenvalue weighted by Gasteiger charge is -2.09. The van der Waals surface area contributed by atoms with Gasteiger partial charge in [0.05, 0.1) is 0 Å². The molecule has 20 heavy (non-hydrogen) atoms. The molecular formula is C14H19N5O. The molecule has 0 aliphatic heterocycles. The molecular weight excluding hydrogens is 254 g/mol. The standard InChI is InChI=1S/C14H19N5O/c1-3-11-10-13(18-12(4-2)17-11)15-7-9-19-8-5-6-16-14(19)20/h5-6,8,10H,3-4,7,9H2,1-2H3,(H,15,17,18). The Bertz CT molecular complexity index is 601. The van der Waals surface area contributed by atoms with Crippen LogP contribution in [0.3, 0.4) is 0 Å². The van der Waals surface area contributed by atoms with E-state index in [1.165, 1.54) is 6.20 Å². The molecule has 2 aromatic heterocycles. The van der Waals surface area contributed by atoms with Gasteiger partial charge in [-0.3, -0.25) is 4.57 Å². The average Bonchev–Trinajstić information content (AvgIpc) is 2.48. The molecule has 0 bridgehead atoms. The normalized spacial score (nSPS) is 10.5. The molecule has 6 nitrogen and oxygen atoms in total. The maximum atomic E-state index is 11.5. The van der Waals surface area contributed by atoms with Crippen LogP contribution in [-0.2, 0) is 19.4 Å². The zero-order valence-electron chi connectivity index (χ0n) is 11.8. The highest BCUT2D eigenvalue weighted by atomic mass is 16.1. The Kier molecular flexibility index (Phi) is 4.81. The fourth-order valence-electron chi connectivity index (χ4n) is 1.84. The van der Waals surface area contributed by atoms with E-state index in [1.54, 1.807) is 16.8 Å². The Hall–Kier alpha value is -2.24. The smallest absolute Gasteiger partial charge is 0.347 e. The van der Waals surface area contributed by atoms with Crippen LogP contribution in [0.15, 0.2) is 29.3 Å². The van der Waals surface area contributed by atoms with E-state index < -0.39 is 0 Å². The van der Waals surface area contributed by atoms with E-state index in [1.807, 2.05) is 13.0 Å². The van der Waals surface area contributed by atoms with Gasteiger partial charge >= 0.3 is 5.69 Å². The molecule has 0 aliphatic carbocycles. The van der Waals surface area contributed by atoms with Gasteiger partial charge in [-0.2, -0.15) is 0 Å². The fraction of sp³-hybridized carbons (Fsp3) is 0.429. The van der Waals surface area contributed by atoms with Crippen LogP contribution in [0.25, 0.3) is 0 Å². The molecule has 1 N–H and O–H groups in total. The summed E-state index contributed by atoms with van der Waals surface area (Å²) in [6.07, 6.45) is 4.92. The number of nitrogens with zero attached hydrogens (tertiary/aromatic N) is 4. The highest BCUT2D eigenvalue weighted by molar-refractivity contribution is 5.36. The molecule has 0 aromatic carbocycles. The molecule has 0 unspecified atom stereocenters. The van der Waals surface area contributed by atoms with E-state index in [0.717, 1.165) is 30.2 Å². The van der Waals surface area contributed by atoms with E-state index in [-0.39, 0.29) is 5.69 Å². The average molecular weight is 273 g/mol. The molecule has 0 spiro atoms. The third kappa shape index (κ3) is 3.63. The second-order valence-corrected chi connectivity index (χ2v) is 4.39. The summed E-state index contributed by atoms with van der Waals surface area (Å²) in [6, 6.07) is 3.70. The van der Waals surface area contributed by atoms with Crippen LogP contribution in [0.2, 0.25) is 0 Å². The van der Waals surface area contributed by atoms with Gasteiger partial charge in [0.25, 0.3) is 0 Å². The summed E-state index contributed by atoms with van der Waals surface area (Å²) in [4.78, 5) is 24.0. The van der Waals surface area contributed by atoms with E-state index in [4.69, 9.17) is 0 Å². The summed E-state index contributed by atoms with van der Waals surface area (Å²) in [7, 11) is 0. The minimum atomic E-state index is -0.236. The SMILES string of the molecule is CCc1cc(NCCn2cccnc2=O)nc(CC)n1. The Morgan fingerprint density at radius 1 is 1.25 bits per heavy atom. The second-order valence-electron chi connectivity index (χ2n) is 4.39. The third-order valence-corrected chi connectivity index (χ3v) is 2.95. The lowest BCUT2D eigenvalue weighted by Crippen LogP contribution is -2.25. The summed E-state index contributed by atoms with van der Waals surface area (Å²) in [5.41, 5.74) is 0.790. The van der Waals surface area contributed by atoms with Gasteiger partial charge in [-0.15, -0.1) is 0 Å². The number of rotatable bonds is 6. The number of nitrogens with one attached hydrogen (secondary N) is 1. The van der Waals surface area contributed by atoms with Gasteiger partial charge < -0.3 is 5.32 Å².